The Morgan fingerprint density at radius 3 is 2.44 bits per heavy atom. The van der Waals surface area contributed by atoms with Crippen molar-refractivity contribution in [1.82, 2.24) is 20.1 Å². The van der Waals surface area contributed by atoms with E-state index in [9.17, 15) is 4.79 Å². The third-order valence-corrected chi connectivity index (χ3v) is 3.94. The van der Waals surface area contributed by atoms with Crippen LogP contribution < -0.4 is 10.1 Å². The normalized spacial score (nSPS) is 12.7. The minimum atomic E-state index is -0.190. The van der Waals surface area contributed by atoms with E-state index in [2.05, 4.69) is 48.3 Å². The van der Waals surface area contributed by atoms with Gasteiger partial charge < -0.3 is 10.1 Å². The zero-order valence-electron chi connectivity index (χ0n) is 16.0. The number of carbonyl (C=O) groups is 1. The number of nitrogens with one attached hydrogen (secondary N) is 1. The number of aryl methyl sites for hydroxylation is 1. The van der Waals surface area contributed by atoms with Crippen LogP contribution in [0.1, 0.15) is 64.8 Å². The molecule has 2 rings (SSSR count). The molecule has 0 saturated heterocycles. The van der Waals surface area contributed by atoms with Crippen LogP contribution >= 0.6 is 0 Å². The molecule has 1 atom stereocenters. The number of benzene rings is 1. The van der Waals surface area contributed by atoms with Crippen molar-refractivity contribution in [3.05, 3.63) is 41.5 Å². The summed E-state index contributed by atoms with van der Waals surface area (Å²) in [6.07, 6.45) is 0. The molecule has 0 aliphatic heterocycles. The molecule has 6 heteroatoms. The minimum Gasteiger partial charge on any atom is -0.486 e. The van der Waals surface area contributed by atoms with Crippen LogP contribution in [0.15, 0.2) is 24.3 Å². The van der Waals surface area contributed by atoms with E-state index in [0.29, 0.717) is 19.0 Å². The summed E-state index contributed by atoms with van der Waals surface area (Å²) in [5.74, 6) is 2.04. The fraction of sp³-hybridized carbons (Fsp3) is 0.526. The number of hydrogen-bond donors (Lipinski definition) is 1. The Labute approximate surface area is 149 Å². The van der Waals surface area contributed by atoms with Crippen LogP contribution in [0, 0.1) is 0 Å². The second kappa shape index (κ2) is 7.68. The Morgan fingerprint density at radius 1 is 1.28 bits per heavy atom. The van der Waals surface area contributed by atoms with Crippen LogP contribution in [0.5, 0.6) is 5.75 Å². The van der Waals surface area contributed by atoms with E-state index in [-0.39, 0.29) is 17.4 Å². The summed E-state index contributed by atoms with van der Waals surface area (Å²) in [6.45, 7) is 12.9. The Balaban J connectivity index is 2.05. The van der Waals surface area contributed by atoms with Crippen molar-refractivity contribution in [2.24, 2.45) is 0 Å². The maximum atomic E-state index is 11.2. The quantitative estimate of drug-likeness (QED) is 0.872. The smallest absolute Gasteiger partial charge is 0.217 e. The lowest BCUT2D eigenvalue weighted by Crippen LogP contribution is -2.26. The first-order chi connectivity index (χ1) is 11.7. The van der Waals surface area contributed by atoms with E-state index in [0.717, 1.165) is 11.6 Å². The first kappa shape index (κ1) is 19.0. The van der Waals surface area contributed by atoms with Gasteiger partial charge in [0.25, 0.3) is 0 Å². The van der Waals surface area contributed by atoms with Crippen molar-refractivity contribution in [2.45, 2.75) is 66.2 Å². The molecule has 136 valence electrons. The molecule has 0 spiro atoms. The maximum Gasteiger partial charge on any atom is 0.217 e. The third kappa shape index (κ3) is 5.05. The number of hydrogen-bond acceptors (Lipinski definition) is 4. The number of amides is 1. The van der Waals surface area contributed by atoms with Gasteiger partial charge in [0.15, 0.2) is 5.82 Å². The van der Waals surface area contributed by atoms with Crippen molar-refractivity contribution >= 4 is 5.91 Å². The Hall–Kier alpha value is -2.37. The summed E-state index contributed by atoms with van der Waals surface area (Å²) in [5, 5.41) is 7.30. The first-order valence-corrected chi connectivity index (χ1v) is 8.64. The average Bonchev–Trinajstić information content (AvgIpc) is 2.95. The van der Waals surface area contributed by atoms with E-state index in [1.165, 1.54) is 12.5 Å². The van der Waals surface area contributed by atoms with E-state index in [1.807, 2.05) is 26.0 Å². The van der Waals surface area contributed by atoms with E-state index in [1.54, 1.807) is 4.68 Å². The van der Waals surface area contributed by atoms with Gasteiger partial charge in [-0.1, -0.05) is 32.9 Å². The highest BCUT2D eigenvalue weighted by molar-refractivity contribution is 5.73. The van der Waals surface area contributed by atoms with Crippen molar-refractivity contribution in [1.29, 1.82) is 0 Å². The van der Waals surface area contributed by atoms with Crippen LogP contribution in [0.25, 0.3) is 0 Å². The summed E-state index contributed by atoms with van der Waals surface area (Å²) in [4.78, 5) is 15.8. The molecule has 1 N–H and O–H groups in total. The lowest BCUT2D eigenvalue weighted by atomic mass is 9.87. The molecule has 0 aliphatic rings. The Kier molecular flexibility index (Phi) is 5.82. The summed E-state index contributed by atoms with van der Waals surface area (Å²) in [6, 6.07) is 7.91. The second-order valence-corrected chi connectivity index (χ2v) is 7.19. The highest BCUT2D eigenvalue weighted by atomic mass is 16.5. The Bertz CT molecular complexity index is 714. The topological polar surface area (TPSA) is 69.0 Å². The number of ether oxygens (including phenoxy) is 1. The van der Waals surface area contributed by atoms with Crippen LogP contribution in [-0.2, 0) is 23.4 Å². The van der Waals surface area contributed by atoms with Gasteiger partial charge in [0, 0.05) is 13.5 Å². The third-order valence-electron chi connectivity index (χ3n) is 3.94. The van der Waals surface area contributed by atoms with Gasteiger partial charge in [0.2, 0.25) is 5.91 Å². The van der Waals surface area contributed by atoms with Crippen molar-refractivity contribution < 1.29 is 9.53 Å². The maximum absolute atomic E-state index is 11.2. The molecular formula is C19H28N4O2. The lowest BCUT2D eigenvalue weighted by Gasteiger charge is -2.19. The molecule has 0 bridgehead atoms. The molecule has 1 amide bonds. The van der Waals surface area contributed by atoms with Crippen LogP contribution in [0.2, 0.25) is 0 Å². The highest BCUT2D eigenvalue weighted by Gasteiger charge is 2.17. The van der Waals surface area contributed by atoms with Crippen molar-refractivity contribution in [3.63, 3.8) is 0 Å². The summed E-state index contributed by atoms with van der Waals surface area (Å²) in [5.41, 5.74) is 1.38. The molecule has 0 radical (unpaired) electrons. The molecule has 25 heavy (non-hydrogen) atoms. The van der Waals surface area contributed by atoms with Crippen molar-refractivity contribution in [2.75, 3.05) is 0 Å². The number of aromatic nitrogens is 3. The van der Waals surface area contributed by atoms with E-state index in [4.69, 9.17) is 4.74 Å². The first-order valence-electron chi connectivity index (χ1n) is 8.64. The van der Waals surface area contributed by atoms with E-state index >= 15 is 0 Å². The zero-order chi connectivity index (χ0) is 18.6. The van der Waals surface area contributed by atoms with Crippen LogP contribution in [-0.4, -0.2) is 20.7 Å². The zero-order valence-corrected chi connectivity index (χ0v) is 16.0. The second-order valence-electron chi connectivity index (χ2n) is 7.19. The lowest BCUT2D eigenvalue weighted by molar-refractivity contribution is -0.119. The molecule has 1 heterocycles. The number of rotatable bonds is 6. The van der Waals surface area contributed by atoms with Gasteiger partial charge in [-0.15, -0.1) is 0 Å². The van der Waals surface area contributed by atoms with Crippen molar-refractivity contribution in [3.8, 4) is 5.75 Å². The summed E-state index contributed by atoms with van der Waals surface area (Å²) in [7, 11) is 0. The molecule has 1 aromatic carbocycles. The number of nitrogens with zero attached hydrogens (tertiary/aromatic N) is 3. The molecule has 0 fully saturated rings. The van der Waals surface area contributed by atoms with Gasteiger partial charge >= 0.3 is 0 Å². The molecular weight excluding hydrogens is 316 g/mol. The number of carbonyl (C=O) groups excluding carboxylic acids is 1. The summed E-state index contributed by atoms with van der Waals surface area (Å²) >= 11 is 0. The summed E-state index contributed by atoms with van der Waals surface area (Å²) < 4.78 is 7.60. The van der Waals surface area contributed by atoms with Gasteiger partial charge in [0.05, 0.1) is 6.04 Å². The molecule has 6 nitrogen and oxygen atoms in total. The fourth-order valence-corrected chi connectivity index (χ4v) is 2.59. The van der Waals surface area contributed by atoms with Gasteiger partial charge in [-0.2, -0.15) is 5.10 Å². The molecule has 0 unspecified atom stereocenters. The van der Waals surface area contributed by atoms with E-state index < -0.39 is 0 Å². The molecule has 1 aromatic heterocycles. The molecule has 0 aliphatic carbocycles. The minimum absolute atomic E-state index is 0.0881. The monoisotopic (exact) mass is 344 g/mol. The standard InChI is InChI=1S/C19H28N4O2/c1-7-23-18(13(2)20-14(3)24)21-17(22-23)12-25-16-10-8-15(9-11-16)19(4,5)6/h8-11,13H,7,12H2,1-6H3,(H,20,24)/t13-/m0/s1. The van der Waals surface area contributed by atoms with Gasteiger partial charge in [0.1, 0.15) is 18.2 Å². The molecule has 2 aromatic rings. The van der Waals surface area contributed by atoms with Gasteiger partial charge in [-0.3, -0.25) is 4.79 Å². The van der Waals surface area contributed by atoms with Crippen LogP contribution in [0.3, 0.4) is 0 Å². The SMILES string of the molecule is CCn1nc(COc2ccc(C(C)(C)C)cc2)nc1[C@H](C)NC(C)=O. The Morgan fingerprint density at radius 2 is 1.92 bits per heavy atom. The largest absolute Gasteiger partial charge is 0.486 e. The van der Waals surface area contributed by atoms with Gasteiger partial charge in [-0.25, -0.2) is 9.67 Å². The predicted octanol–water partition coefficient (Wildman–Crippen LogP) is 3.37. The predicted molar refractivity (Wildman–Crippen MR) is 97.4 cm³/mol. The molecule has 0 saturated carbocycles. The van der Waals surface area contributed by atoms with Crippen LogP contribution in [0.4, 0.5) is 0 Å². The van der Waals surface area contributed by atoms with Gasteiger partial charge in [-0.05, 0) is 37.0 Å². The highest BCUT2D eigenvalue weighted by Crippen LogP contribution is 2.24. The fourth-order valence-electron chi connectivity index (χ4n) is 2.59. The average molecular weight is 344 g/mol.